The van der Waals surface area contributed by atoms with Crippen molar-refractivity contribution in [3.8, 4) is 5.75 Å². The molecule has 1 aromatic carbocycles. The zero-order valence-corrected chi connectivity index (χ0v) is 11.9. The summed E-state index contributed by atoms with van der Waals surface area (Å²) in [6.07, 6.45) is 3.09. The van der Waals surface area contributed by atoms with Gasteiger partial charge in [0.25, 0.3) is 5.69 Å². The highest BCUT2D eigenvalue weighted by Crippen LogP contribution is 2.28. The Morgan fingerprint density at radius 2 is 2.24 bits per heavy atom. The van der Waals surface area contributed by atoms with Crippen molar-refractivity contribution in [3.05, 3.63) is 56.8 Å². The third-order valence-electron chi connectivity index (χ3n) is 2.60. The second kappa shape index (κ2) is 6.67. The molecule has 1 amide bonds. The molecule has 108 valence electrons. The smallest absolute Gasteiger partial charge is 0.273 e. The van der Waals surface area contributed by atoms with E-state index in [-0.39, 0.29) is 17.3 Å². The molecule has 0 saturated heterocycles. The van der Waals surface area contributed by atoms with Crippen LogP contribution in [-0.4, -0.2) is 17.9 Å². The van der Waals surface area contributed by atoms with Crippen LogP contribution in [0.15, 0.2) is 41.8 Å². The van der Waals surface area contributed by atoms with Crippen LogP contribution in [0.25, 0.3) is 6.08 Å². The number of methoxy groups -OCH3 is 1. The Balaban J connectivity index is 2.11. The number of anilines is 1. The first-order chi connectivity index (χ1) is 10.1. The van der Waals surface area contributed by atoms with Gasteiger partial charge < -0.3 is 10.1 Å². The van der Waals surface area contributed by atoms with Gasteiger partial charge in [-0.2, -0.15) is 0 Å². The Kier molecular flexibility index (Phi) is 4.68. The fourth-order valence-corrected chi connectivity index (χ4v) is 2.23. The average molecular weight is 304 g/mol. The standard InChI is InChI=1S/C14H12N2O4S/c1-20-13-9-10(16(18)19)4-6-12(13)15-14(17)7-5-11-3-2-8-21-11/h2-9H,1H3,(H,15,17)/b7-5+. The van der Waals surface area contributed by atoms with Crippen LogP contribution in [0.1, 0.15) is 4.88 Å². The maximum Gasteiger partial charge on any atom is 0.273 e. The van der Waals surface area contributed by atoms with Gasteiger partial charge in [-0.25, -0.2) is 0 Å². The Hall–Kier alpha value is -2.67. The molecule has 0 aliphatic rings. The number of benzene rings is 1. The minimum Gasteiger partial charge on any atom is -0.494 e. The van der Waals surface area contributed by atoms with Crippen molar-refractivity contribution in [1.82, 2.24) is 0 Å². The molecule has 2 rings (SSSR count). The molecule has 1 N–H and O–H groups in total. The monoisotopic (exact) mass is 304 g/mol. The van der Waals surface area contributed by atoms with Gasteiger partial charge in [0.15, 0.2) is 0 Å². The van der Waals surface area contributed by atoms with E-state index in [1.165, 1.54) is 42.7 Å². The molecule has 1 heterocycles. The van der Waals surface area contributed by atoms with Gasteiger partial charge in [-0.05, 0) is 23.6 Å². The van der Waals surface area contributed by atoms with Crippen molar-refractivity contribution in [3.63, 3.8) is 0 Å². The molecular weight excluding hydrogens is 292 g/mol. The number of carbonyl (C=O) groups is 1. The van der Waals surface area contributed by atoms with Crippen molar-refractivity contribution in [2.75, 3.05) is 12.4 Å². The Labute approximate surface area is 124 Å². The highest BCUT2D eigenvalue weighted by Gasteiger charge is 2.12. The number of nitro benzene ring substituents is 1. The SMILES string of the molecule is COc1cc([N+](=O)[O-])ccc1NC(=O)/C=C/c1cccs1. The van der Waals surface area contributed by atoms with Crippen LogP contribution in [0, 0.1) is 10.1 Å². The van der Waals surface area contributed by atoms with E-state index in [1.54, 1.807) is 6.08 Å². The first-order valence-electron chi connectivity index (χ1n) is 5.95. The summed E-state index contributed by atoms with van der Waals surface area (Å²) in [6, 6.07) is 7.79. The van der Waals surface area contributed by atoms with Crippen LogP contribution < -0.4 is 10.1 Å². The Bertz CT molecular complexity index is 680. The summed E-state index contributed by atoms with van der Waals surface area (Å²) in [5, 5.41) is 15.2. The molecule has 0 aliphatic carbocycles. The molecule has 0 atom stereocenters. The van der Waals surface area contributed by atoms with Crippen LogP contribution in [0.4, 0.5) is 11.4 Å². The van der Waals surface area contributed by atoms with Crippen LogP contribution in [-0.2, 0) is 4.79 Å². The molecule has 0 unspecified atom stereocenters. The molecule has 6 nitrogen and oxygen atoms in total. The molecule has 7 heteroatoms. The van der Waals surface area contributed by atoms with E-state index in [0.29, 0.717) is 5.69 Å². The summed E-state index contributed by atoms with van der Waals surface area (Å²) in [7, 11) is 1.39. The molecule has 2 aromatic rings. The predicted octanol–water partition coefficient (Wildman–Crippen LogP) is 3.32. The van der Waals surface area contributed by atoms with E-state index in [4.69, 9.17) is 4.74 Å². The van der Waals surface area contributed by atoms with Crippen LogP contribution in [0.2, 0.25) is 0 Å². The number of thiophene rings is 1. The molecule has 0 aliphatic heterocycles. The number of ether oxygens (including phenoxy) is 1. The maximum absolute atomic E-state index is 11.8. The second-order valence-corrected chi connectivity index (χ2v) is 4.96. The second-order valence-electron chi connectivity index (χ2n) is 3.98. The highest BCUT2D eigenvalue weighted by atomic mass is 32.1. The van der Waals surface area contributed by atoms with E-state index in [2.05, 4.69) is 5.32 Å². The van der Waals surface area contributed by atoms with E-state index in [0.717, 1.165) is 4.88 Å². The molecule has 0 bridgehead atoms. The fourth-order valence-electron chi connectivity index (χ4n) is 1.62. The molecule has 0 spiro atoms. The number of nitrogens with zero attached hydrogens (tertiary/aromatic N) is 1. The van der Waals surface area contributed by atoms with Gasteiger partial charge in [-0.15, -0.1) is 11.3 Å². The molecule has 0 fully saturated rings. The minimum atomic E-state index is -0.523. The van der Waals surface area contributed by atoms with Gasteiger partial charge in [0.05, 0.1) is 23.8 Å². The molecule has 1 aromatic heterocycles. The summed E-state index contributed by atoms with van der Waals surface area (Å²) < 4.78 is 5.05. The summed E-state index contributed by atoms with van der Waals surface area (Å²) in [6.45, 7) is 0. The number of carbonyl (C=O) groups excluding carboxylic acids is 1. The van der Waals surface area contributed by atoms with Gasteiger partial charge in [0.2, 0.25) is 5.91 Å². The van der Waals surface area contributed by atoms with Crippen molar-refractivity contribution >= 4 is 34.7 Å². The molecule has 0 radical (unpaired) electrons. The molecule has 0 saturated carbocycles. The lowest BCUT2D eigenvalue weighted by molar-refractivity contribution is -0.384. The molecule has 21 heavy (non-hydrogen) atoms. The first kappa shape index (κ1) is 14.7. The van der Waals surface area contributed by atoms with Crippen molar-refractivity contribution in [1.29, 1.82) is 0 Å². The van der Waals surface area contributed by atoms with Gasteiger partial charge in [0, 0.05) is 17.0 Å². The Morgan fingerprint density at radius 1 is 1.43 bits per heavy atom. The quantitative estimate of drug-likeness (QED) is 0.522. The normalized spacial score (nSPS) is 10.5. The summed E-state index contributed by atoms with van der Waals surface area (Å²) in [5.74, 6) is -0.0994. The third kappa shape index (κ3) is 3.90. The fraction of sp³-hybridized carbons (Fsp3) is 0.0714. The van der Waals surface area contributed by atoms with Gasteiger partial charge in [-0.3, -0.25) is 14.9 Å². The van der Waals surface area contributed by atoms with E-state index >= 15 is 0 Å². The number of nitro groups is 1. The zero-order valence-electron chi connectivity index (χ0n) is 11.1. The lowest BCUT2D eigenvalue weighted by Crippen LogP contribution is -2.09. The maximum atomic E-state index is 11.8. The number of rotatable bonds is 5. The summed E-state index contributed by atoms with van der Waals surface area (Å²) in [5.41, 5.74) is 0.280. The van der Waals surface area contributed by atoms with Gasteiger partial charge in [0.1, 0.15) is 5.75 Å². The van der Waals surface area contributed by atoms with E-state index in [9.17, 15) is 14.9 Å². The number of amides is 1. The van der Waals surface area contributed by atoms with Crippen molar-refractivity contribution < 1.29 is 14.5 Å². The van der Waals surface area contributed by atoms with Crippen molar-refractivity contribution in [2.24, 2.45) is 0 Å². The van der Waals surface area contributed by atoms with Crippen LogP contribution in [0.5, 0.6) is 5.75 Å². The van der Waals surface area contributed by atoms with Crippen LogP contribution in [0.3, 0.4) is 0 Å². The van der Waals surface area contributed by atoms with Crippen molar-refractivity contribution in [2.45, 2.75) is 0 Å². The zero-order chi connectivity index (χ0) is 15.2. The summed E-state index contributed by atoms with van der Waals surface area (Å²) in [4.78, 5) is 22.9. The predicted molar refractivity (Wildman–Crippen MR) is 81.6 cm³/mol. The Morgan fingerprint density at radius 3 is 2.86 bits per heavy atom. The number of non-ortho nitro benzene ring substituents is 1. The lowest BCUT2D eigenvalue weighted by Gasteiger charge is -2.08. The number of hydrogen-bond acceptors (Lipinski definition) is 5. The average Bonchev–Trinajstić information content (AvgIpc) is 2.98. The van der Waals surface area contributed by atoms with Crippen LogP contribution >= 0.6 is 11.3 Å². The van der Waals surface area contributed by atoms with E-state index < -0.39 is 4.92 Å². The lowest BCUT2D eigenvalue weighted by atomic mass is 10.2. The molecular formula is C14H12N2O4S. The number of nitrogens with one attached hydrogen (secondary N) is 1. The van der Waals surface area contributed by atoms with Gasteiger partial charge >= 0.3 is 0 Å². The first-order valence-corrected chi connectivity index (χ1v) is 6.83. The number of hydrogen-bond donors (Lipinski definition) is 1. The largest absolute Gasteiger partial charge is 0.494 e. The van der Waals surface area contributed by atoms with Gasteiger partial charge in [-0.1, -0.05) is 6.07 Å². The minimum absolute atomic E-state index is 0.0982. The summed E-state index contributed by atoms with van der Waals surface area (Å²) >= 11 is 1.52. The topological polar surface area (TPSA) is 81.5 Å². The highest BCUT2D eigenvalue weighted by molar-refractivity contribution is 7.10. The third-order valence-corrected chi connectivity index (χ3v) is 3.43. The van der Waals surface area contributed by atoms with E-state index in [1.807, 2.05) is 17.5 Å².